The van der Waals surface area contributed by atoms with Gasteiger partial charge in [-0.15, -0.1) is 0 Å². The number of pyridine rings is 1. The summed E-state index contributed by atoms with van der Waals surface area (Å²) in [4.78, 5) is 32.9. The van der Waals surface area contributed by atoms with Gasteiger partial charge >= 0.3 is 6.09 Å². The maximum atomic E-state index is 12.6. The molecule has 3 aromatic rings. The fourth-order valence-corrected chi connectivity index (χ4v) is 4.20. The predicted octanol–water partition coefficient (Wildman–Crippen LogP) is 4.01. The van der Waals surface area contributed by atoms with Gasteiger partial charge in [-0.1, -0.05) is 17.9 Å². The van der Waals surface area contributed by atoms with Crippen molar-refractivity contribution in [1.82, 2.24) is 20.1 Å². The zero-order chi connectivity index (χ0) is 27.8. The largest absolute Gasteiger partial charge is 0.444 e. The molecule has 0 saturated carbocycles. The fourth-order valence-electron chi connectivity index (χ4n) is 4.20. The van der Waals surface area contributed by atoms with Crippen molar-refractivity contribution >= 4 is 17.7 Å². The lowest BCUT2D eigenvalue weighted by atomic mass is 10.00. The standard InChI is InChI=1S/C31H35N5O3/c1-31(2,3)39-30(38)36-20-18-35(19-21-36)17-16-34-29(37)25-7-4-23(5-8-25)6-9-26-22-27(32)10-11-28(26)24-12-14-33-15-13-24/h4-5,7-8,10-15,22H,16-21,32H2,1-3H3,(H,34,37). The molecule has 39 heavy (non-hydrogen) atoms. The Morgan fingerprint density at radius 3 is 2.33 bits per heavy atom. The number of ether oxygens (including phenoxy) is 1. The van der Waals surface area contributed by atoms with Crippen molar-refractivity contribution < 1.29 is 14.3 Å². The smallest absolute Gasteiger partial charge is 0.410 e. The van der Waals surface area contributed by atoms with E-state index >= 15 is 0 Å². The average Bonchev–Trinajstić information content (AvgIpc) is 2.92. The average molecular weight is 526 g/mol. The second-order valence-electron chi connectivity index (χ2n) is 10.4. The molecule has 0 aliphatic carbocycles. The minimum absolute atomic E-state index is 0.127. The van der Waals surface area contributed by atoms with Crippen LogP contribution in [-0.4, -0.2) is 71.7 Å². The van der Waals surface area contributed by atoms with Gasteiger partial charge in [-0.25, -0.2) is 4.79 Å². The Hall–Kier alpha value is -4.35. The molecule has 2 heterocycles. The number of nitrogen functional groups attached to an aromatic ring is 1. The Balaban J connectivity index is 1.27. The summed E-state index contributed by atoms with van der Waals surface area (Å²) >= 11 is 0. The molecule has 0 spiro atoms. The molecule has 3 N–H and O–H groups in total. The molecular weight excluding hydrogens is 490 g/mol. The number of nitrogens with one attached hydrogen (secondary N) is 1. The van der Waals surface area contributed by atoms with Gasteiger partial charge in [0.1, 0.15) is 5.60 Å². The number of hydrogen-bond acceptors (Lipinski definition) is 6. The lowest BCUT2D eigenvalue weighted by Crippen LogP contribution is -2.51. The molecule has 1 fully saturated rings. The number of hydrogen-bond donors (Lipinski definition) is 2. The molecule has 0 bridgehead atoms. The first kappa shape index (κ1) is 27.7. The third-order valence-corrected chi connectivity index (χ3v) is 6.26. The lowest BCUT2D eigenvalue weighted by Gasteiger charge is -2.35. The Bertz CT molecular complexity index is 1350. The van der Waals surface area contributed by atoms with E-state index in [-0.39, 0.29) is 12.0 Å². The van der Waals surface area contributed by atoms with Crippen molar-refractivity contribution in [2.45, 2.75) is 26.4 Å². The maximum absolute atomic E-state index is 12.6. The highest BCUT2D eigenvalue weighted by atomic mass is 16.6. The van der Waals surface area contributed by atoms with Gasteiger partial charge in [0.2, 0.25) is 0 Å². The third-order valence-electron chi connectivity index (χ3n) is 6.26. The molecule has 4 rings (SSSR count). The van der Waals surface area contributed by atoms with Crippen LogP contribution < -0.4 is 11.1 Å². The Labute approximate surface area is 230 Å². The van der Waals surface area contributed by atoms with Crippen LogP contribution in [0.4, 0.5) is 10.5 Å². The van der Waals surface area contributed by atoms with Crippen LogP contribution in [0.25, 0.3) is 11.1 Å². The van der Waals surface area contributed by atoms with Gasteiger partial charge in [-0.05, 0) is 80.4 Å². The van der Waals surface area contributed by atoms with Gasteiger partial charge in [0, 0.05) is 74.0 Å². The zero-order valence-electron chi connectivity index (χ0n) is 22.7. The molecule has 2 amide bonds. The molecule has 1 aromatic heterocycles. The highest BCUT2D eigenvalue weighted by Gasteiger charge is 2.25. The Kier molecular flexibility index (Phi) is 8.84. The van der Waals surface area contributed by atoms with Crippen molar-refractivity contribution in [3.8, 4) is 23.0 Å². The SMILES string of the molecule is CC(C)(C)OC(=O)N1CCN(CCNC(=O)c2ccc(C#Cc3cc(N)ccc3-c3ccncc3)cc2)CC1. The number of anilines is 1. The molecule has 0 radical (unpaired) electrons. The summed E-state index contributed by atoms with van der Waals surface area (Å²) in [5.74, 6) is 6.27. The first-order valence-corrected chi connectivity index (χ1v) is 13.1. The third kappa shape index (κ3) is 8.06. The van der Waals surface area contributed by atoms with Gasteiger partial charge < -0.3 is 20.7 Å². The van der Waals surface area contributed by atoms with E-state index in [1.54, 1.807) is 29.4 Å². The number of piperazine rings is 1. The van der Waals surface area contributed by atoms with E-state index in [4.69, 9.17) is 10.5 Å². The topological polar surface area (TPSA) is 101 Å². The molecule has 0 atom stereocenters. The molecule has 0 unspecified atom stereocenters. The van der Waals surface area contributed by atoms with Crippen LogP contribution >= 0.6 is 0 Å². The van der Waals surface area contributed by atoms with Gasteiger partial charge in [-0.2, -0.15) is 0 Å². The Morgan fingerprint density at radius 1 is 0.974 bits per heavy atom. The van der Waals surface area contributed by atoms with Crippen molar-refractivity contribution in [3.63, 3.8) is 0 Å². The minimum atomic E-state index is -0.496. The van der Waals surface area contributed by atoms with E-state index in [0.717, 1.165) is 41.9 Å². The van der Waals surface area contributed by atoms with Crippen LogP contribution in [0.2, 0.25) is 0 Å². The van der Waals surface area contributed by atoms with Crippen LogP contribution in [0.15, 0.2) is 67.0 Å². The molecular formula is C31H35N5O3. The second kappa shape index (κ2) is 12.5. The van der Waals surface area contributed by atoms with Crippen LogP contribution in [0.1, 0.15) is 42.3 Å². The van der Waals surface area contributed by atoms with Crippen LogP contribution in [0, 0.1) is 11.8 Å². The predicted molar refractivity (Wildman–Crippen MR) is 153 cm³/mol. The minimum Gasteiger partial charge on any atom is -0.444 e. The molecule has 1 aliphatic rings. The Morgan fingerprint density at radius 2 is 1.67 bits per heavy atom. The van der Waals surface area contributed by atoms with Crippen LogP contribution in [-0.2, 0) is 4.74 Å². The van der Waals surface area contributed by atoms with Crippen LogP contribution in [0.5, 0.6) is 0 Å². The highest BCUT2D eigenvalue weighted by molar-refractivity contribution is 5.94. The summed E-state index contributed by atoms with van der Waals surface area (Å²) in [7, 11) is 0. The second-order valence-corrected chi connectivity index (χ2v) is 10.4. The maximum Gasteiger partial charge on any atom is 0.410 e. The molecule has 8 nitrogen and oxygen atoms in total. The lowest BCUT2D eigenvalue weighted by molar-refractivity contribution is 0.0147. The monoisotopic (exact) mass is 525 g/mol. The van der Waals surface area contributed by atoms with Gasteiger partial charge in [0.05, 0.1) is 0 Å². The zero-order valence-corrected chi connectivity index (χ0v) is 22.7. The highest BCUT2D eigenvalue weighted by Crippen LogP contribution is 2.24. The molecule has 1 aliphatic heterocycles. The number of carbonyl (C=O) groups is 2. The van der Waals surface area contributed by atoms with E-state index < -0.39 is 5.60 Å². The van der Waals surface area contributed by atoms with Crippen molar-refractivity contribution in [3.05, 3.63) is 83.7 Å². The fraction of sp³-hybridized carbons (Fsp3) is 0.323. The number of nitrogens with two attached hydrogens (primary N) is 1. The van der Waals surface area contributed by atoms with Crippen LogP contribution in [0.3, 0.4) is 0 Å². The number of benzene rings is 2. The molecule has 8 heteroatoms. The van der Waals surface area contributed by atoms with E-state index in [1.807, 2.05) is 63.2 Å². The van der Waals surface area contributed by atoms with E-state index in [2.05, 4.69) is 27.0 Å². The first-order chi connectivity index (χ1) is 18.7. The van der Waals surface area contributed by atoms with Gasteiger partial charge in [0.15, 0.2) is 0 Å². The molecule has 202 valence electrons. The number of carbonyl (C=O) groups excluding carboxylic acids is 2. The quantitative estimate of drug-likeness (QED) is 0.386. The van der Waals surface area contributed by atoms with Crippen molar-refractivity contribution in [1.29, 1.82) is 0 Å². The summed E-state index contributed by atoms with van der Waals surface area (Å²) in [5.41, 5.74) is 10.4. The van der Waals surface area contributed by atoms with Crippen molar-refractivity contribution in [2.75, 3.05) is 45.0 Å². The summed E-state index contributed by atoms with van der Waals surface area (Å²) in [5, 5.41) is 2.98. The van der Waals surface area contributed by atoms with E-state index in [9.17, 15) is 9.59 Å². The summed E-state index contributed by atoms with van der Waals surface area (Å²) in [6, 6.07) is 16.8. The summed E-state index contributed by atoms with van der Waals surface area (Å²) in [6.45, 7) is 9.58. The number of aromatic nitrogens is 1. The number of rotatable bonds is 5. The number of amides is 2. The molecule has 2 aromatic carbocycles. The summed E-state index contributed by atoms with van der Waals surface area (Å²) < 4.78 is 5.44. The summed E-state index contributed by atoms with van der Waals surface area (Å²) in [6.07, 6.45) is 3.23. The van der Waals surface area contributed by atoms with E-state index in [0.29, 0.717) is 30.9 Å². The normalized spacial score (nSPS) is 13.8. The first-order valence-electron chi connectivity index (χ1n) is 13.1. The van der Waals surface area contributed by atoms with Crippen molar-refractivity contribution in [2.24, 2.45) is 0 Å². The van der Waals surface area contributed by atoms with Gasteiger partial charge in [0.25, 0.3) is 5.91 Å². The van der Waals surface area contributed by atoms with Gasteiger partial charge in [-0.3, -0.25) is 14.7 Å². The van der Waals surface area contributed by atoms with E-state index in [1.165, 1.54) is 0 Å². The number of nitrogens with zero attached hydrogens (tertiary/aromatic N) is 3. The molecule has 1 saturated heterocycles.